The van der Waals surface area contributed by atoms with Gasteiger partial charge in [0.2, 0.25) is 5.91 Å². The Labute approximate surface area is 97.8 Å². The second-order valence-electron chi connectivity index (χ2n) is 5.66. The fourth-order valence-electron chi connectivity index (χ4n) is 2.35. The standard InChI is InChI=1S/C14H21NO/c1-14(2)9-7-12(8-10-14)15-13(16)11-5-3-4-6-11/h7-9,11H,3-6,10H2,1-2H3,(H,15,16). The largest absolute Gasteiger partial charge is 0.326 e. The summed E-state index contributed by atoms with van der Waals surface area (Å²) in [5.41, 5.74) is 1.22. The number of allylic oxidation sites excluding steroid dienone is 3. The fourth-order valence-corrected chi connectivity index (χ4v) is 2.35. The molecular weight excluding hydrogens is 198 g/mol. The normalized spacial score (nSPS) is 24.2. The molecule has 0 saturated heterocycles. The zero-order valence-electron chi connectivity index (χ0n) is 10.3. The van der Waals surface area contributed by atoms with Gasteiger partial charge in [-0.3, -0.25) is 4.79 Å². The Morgan fingerprint density at radius 3 is 2.62 bits per heavy atom. The molecule has 1 amide bonds. The quantitative estimate of drug-likeness (QED) is 0.759. The highest BCUT2D eigenvalue weighted by molar-refractivity contribution is 5.81. The van der Waals surface area contributed by atoms with Crippen LogP contribution < -0.4 is 5.32 Å². The maximum Gasteiger partial charge on any atom is 0.227 e. The third kappa shape index (κ3) is 2.75. The van der Waals surface area contributed by atoms with E-state index in [-0.39, 0.29) is 17.2 Å². The number of rotatable bonds is 2. The van der Waals surface area contributed by atoms with E-state index in [9.17, 15) is 4.79 Å². The lowest BCUT2D eigenvalue weighted by atomic mass is 9.85. The van der Waals surface area contributed by atoms with E-state index in [2.05, 4.69) is 31.3 Å². The van der Waals surface area contributed by atoms with Gasteiger partial charge in [0.05, 0.1) is 0 Å². The Morgan fingerprint density at radius 2 is 2.06 bits per heavy atom. The molecule has 2 heteroatoms. The molecule has 2 nitrogen and oxygen atoms in total. The van der Waals surface area contributed by atoms with E-state index in [1.807, 2.05) is 6.08 Å². The molecule has 0 aliphatic heterocycles. The summed E-state index contributed by atoms with van der Waals surface area (Å²) in [6.45, 7) is 4.41. The zero-order chi connectivity index (χ0) is 11.6. The number of hydrogen-bond acceptors (Lipinski definition) is 1. The Morgan fingerprint density at radius 1 is 1.38 bits per heavy atom. The van der Waals surface area contributed by atoms with Crippen LogP contribution in [0.4, 0.5) is 0 Å². The molecule has 0 heterocycles. The fraction of sp³-hybridized carbons (Fsp3) is 0.643. The predicted molar refractivity (Wildman–Crippen MR) is 65.7 cm³/mol. The highest BCUT2D eigenvalue weighted by atomic mass is 16.1. The molecule has 1 fully saturated rings. The Hall–Kier alpha value is -1.05. The Kier molecular flexibility index (Phi) is 3.17. The van der Waals surface area contributed by atoms with Crippen LogP contribution in [0.25, 0.3) is 0 Å². The SMILES string of the molecule is CC1(C)C=CC(NC(=O)C2CCCC2)=CC1. The molecule has 88 valence electrons. The highest BCUT2D eigenvalue weighted by Crippen LogP contribution is 2.28. The highest BCUT2D eigenvalue weighted by Gasteiger charge is 2.23. The second kappa shape index (κ2) is 4.44. The molecule has 0 aromatic heterocycles. The van der Waals surface area contributed by atoms with E-state index in [4.69, 9.17) is 0 Å². The molecule has 1 N–H and O–H groups in total. The maximum atomic E-state index is 11.9. The first-order chi connectivity index (χ1) is 7.57. The average Bonchev–Trinajstić information content (AvgIpc) is 2.74. The number of amides is 1. The van der Waals surface area contributed by atoms with Crippen LogP contribution in [0.15, 0.2) is 23.9 Å². The van der Waals surface area contributed by atoms with Gasteiger partial charge in [0, 0.05) is 11.6 Å². The van der Waals surface area contributed by atoms with E-state index in [0.29, 0.717) is 0 Å². The minimum atomic E-state index is 0.216. The Balaban J connectivity index is 1.89. The minimum Gasteiger partial charge on any atom is -0.326 e. The second-order valence-corrected chi connectivity index (χ2v) is 5.66. The molecular formula is C14H21NO. The first-order valence-corrected chi connectivity index (χ1v) is 6.27. The summed E-state index contributed by atoms with van der Waals surface area (Å²) in [6.07, 6.45) is 11.9. The molecule has 0 radical (unpaired) electrons. The summed E-state index contributed by atoms with van der Waals surface area (Å²) >= 11 is 0. The summed E-state index contributed by atoms with van der Waals surface area (Å²) in [4.78, 5) is 11.9. The van der Waals surface area contributed by atoms with E-state index < -0.39 is 0 Å². The van der Waals surface area contributed by atoms with Crippen LogP contribution in [0, 0.1) is 11.3 Å². The molecule has 16 heavy (non-hydrogen) atoms. The molecule has 2 aliphatic rings. The van der Waals surface area contributed by atoms with Gasteiger partial charge >= 0.3 is 0 Å². The smallest absolute Gasteiger partial charge is 0.227 e. The summed E-state index contributed by atoms with van der Waals surface area (Å²) in [7, 11) is 0. The van der Waals surface area contributed by atoms with Crippen molar-refractivity contribution in [2.24, 2.45) is 11.3 Å². The summed E-state index contributed by atoms with van der Waals surface area (Å²) < 4.78 is 0. The van der Waals surface area contributed by atoms with Gasteiger partial charge in [-0.15, -0.1) is 0 Å². The number of carbonyl (C=O) groups is 1. The van der Waals surface area contributed by atoms with Crippen LogP contribution in [0.2, 0.25) is 0 Å². The monoisotopic (exact) mass is 219 g/mol. The van der Waals surface area contributed by atoms with Crippen molar-refractivity contribution in [3.8, 4) is 0 Å². The molecule has 0 spiro atoms. The third-order valence-corrected chi connectivity index (χ3v) is 3.56. The third-order valence-electron chi connectivity index (χ3n) is 3.56. The van der Waals surface area contributed by atoms with E-state index in [1.54, 1.807) is 0 Å². The van der Waals surface area contributed by atoms with Crippen molar-refractivity contribution in [1.29, 1.82) is 0 Å². The van der Waals surface area contributed by atoms with Crippen LogP contribution >= 0.6 is 0 Å². The van der Waals surface area contributed by atoms with Crippen molar-refractivity contribution < 1.29 is 4.79 Å². The number of carbonyl (C=O) groups excluding carboxylic acids is 1. The van der Waals surface area contributed by atoms with Gasteiger partial charge in [-0.2, -0.15) is 0 Å². The summed E-state index contributed by atoms with van der Waals surface area (Å²) in [6, 6.07) is 0. The molecule has 1 saturated carbocycles. The summed E-state index contributed by atoms with van der Waals surface area (Å²) in [5.74, 6) is 0.470. The molecule has 0 atom stereocenters. The molecule has 0 unspecified atom stereocenters. The van der Waals surface area contributed by atoms with E-state index in [1.165, 1.54) is 12.8 Å². The zero-order valence-corrected chi connectivity index (χ0v) is 10.3. The topological polar surface area (TPSA) is 29.1 Å². The lowest BCUT2D eigenvalue weighted by Gasteiger charge is -2.23. The van der Waals surface area contributed by atoms with E-state index in [0.717, 1.165) is 25.0 Å². The molecule has 2 rings (SSSR count). The molecule has 0 aromatic rings. The van der Waals surface area contributed by atoms with Gasteiger partial charge < -0.3 is 5.32 Å². The predicted octanol–water partition coefficient (Wildman–Crippen LogP) is 3.16. The number of nitrogens with one attached hydrogen (secondary N) is 1. The average molecular weight is 219 g/mol. The van der Waals surface area contributed by atoms with Crippen molar-refractivity contribution in [3.63, 3.8) is 0 Å². The van der Waals surface area contributed by atoms with Gasteiger partial charge in [-0.1, -0.05) is 38.8 Å². The van der Waals surface area contributed by atoms with Gasteiger partial charge in [-0.05, 0) is 30.8 Å². The van der Waals surface area contributed by atoms with Crippen LogP contribution in [0.1, 0.15) is 46.0 Å². The minimum absolute atomic E-state index is 0.216. The van der Waals surface area contributed by atoms with Crippen LogP contribution in [-0.4, -0.2) is 5.91 Å². The van der Waals surface area contributed by atoms with Gasteiger partial charge in [-0.25, -0.2) is 0 Å². The van der Waals surface area contributed by atoms with Crippen molar-refractivity contribution >= 4 is 5.91 Å². The lowest BCUT2D eigenvalue weighted by Crippen LogP contribution is -2.29. The van der Waals surface area contributed by atoms with Crippen molar-refractivity contribution in [3.05, 3.63) is 23.9 Å². The van der Waals surface area contributed by atoms with E-state index >= 15 is 0 Å². The molecule has 0 bridgehead atoms. The molecule has 2 aliphatic carbocycles. The first-order valence-electron chi connectivity index (χ1n) is 6.27. The Bertz CT molecular complexity index is 333. The van der Waals surface area contributed by atoms with Crippen LogP contribution in [-0.2, 0) is 4.79 Å². The lowest BCUT2D eigenvalue weighted by molar-refractivity contribution is -0.124. The van der Waals surface area contributed by atoms with Crippen LogP contribution in [0.3, 0.4) is 0 Å². The van der Waals surface area contributed by atoms with Crippen molar-refractivity contribution in [2.75, 3.05) is 0 Å². The van der Waals surface area contributed by atoms with Crippen molar-refractivity contribution in [1.82, 2.24) is 5.32 Å². The molecule has 0 aromatic carbocycles. The first kappa shape index (κ1) is 11.4. The summed E-state index contributed by atoms with van der Waals surface area (Å²) in [5, 5.41) is 3.03. The van der Waals surface area contributed by atoms with Gasteiger partial charge in [0.15, 0.2) is 0 Å². The maximum absolute atomic E-state index is 11.9. The van der Waals surface area contributed by atoms with Gasteiger partial charge in [0.25, 0.3) is 0 Å². The van der Waals surface area contributed by atoms with Crippen molar-refractivity contribution in [2.45, 2.75) is 46.0 Å². The van der Waals surface area contributed by atoms with Gasteiger partial charge in [0.1, 0.15) is 0 Å². The number of hydrogen-bond donors (Lipinski definition) is 1. The van der Waals surface area contributed by atoms with Crippen LogP contribution in [0.5, 0.6) is 0 Å².